The first-order valence-corrected chi connectivity index (χ1v) is 6.02. The van der Waals surface area contributed by atoms with Gasteiger partial charge in [0.05, 0.1) is 23.3 Å². The predicted octanol–water partition coefficient (Wildman–Crippen LogP) is 1.31. The molecule has 0 radical (unpaired) electrons. The van der Waals surface area contributed by atoms with Gasteiger partial charge in [-0.2, -0.15) is 0 Å². The zero-order valence-electron chi connectivity index (χ0n) is 10.1. The Hall–Kier alpha value is -1.88. The van der Waals surface area contributed by atoms with Gasteiger partial charge in [-0.05, 0) is 24.1 Å². The predicted molar refractivity (Wildman–Crippen MR) is 67.2 cm³/mol. The summed E-state index contributed by atoms with van der Waals surface area (Å²) in [5.74, 6) is -0.996. The first-order valence-electron chi connectivity index (χ1n) is 6.02. The van der Waals surface area contributed by atoms with Crippen molar-refractivity contribution in [2.45, 2.75) is 12.5 Å². The van der Waals surface area contributed by atoms with Crippen LogP contribution in [0.2, 0.25) is 0 Å². The van der Waals surface area contributed by atoms with Crippen molar-refractivity contribution in [3.05, 3.63) is 30.1 Å². The number of hydrogen-bond donors (Lipinski definition) is 2. The van der Waals surface area contributed by atoms with Crippen molar-refractivity contribution >= 4 is 17.0 Å². The second-order valence-corrected chi connectivity index (χ2v) is 4.84. The molecule has 1 aromatic heterocycles. The standard InChI is InChI=1S/C13H15N3O2/c1-16-7-15-10-3-2-8(5-12(10)16)11-4-9(6-14-11)13(17)18/h2-3,5,7,9,11,14H,4,6H2,1H3,(H,17,18). The van der Waals surface area contributed by atoms with Crippen molar-refractivity contribution in [1.82, 2.24) is 14.9 Å². The normalized spacial score (nSPS) is 23.6. The Morgan fingerprint density at radius 1 is 1.56 bits per heavy atom. The van der Waals surface area contributed by atoms with E-state index in [9.17, 15) is 4.79 Å². The van der Waals surface area contributed by atoms with Crippen LogP contribution in [-0.4, -0.2) is 27.2 Å². The van der Waals surface area contributed by atoms with Gasteiger partial charge < -0.3 is 15.0 Å². The summed E-state index contributed by atoms with van der Waals surface area (Å²) in [6.45, 7) is 0.545. The Bertz CT molecular complexity index is 605. The van der Waals surface area contributed by atoms with Crippen LogP contribution < -0.4 is 5.32 Å². The van der Waals surface area contributed by atoms with E-state index in [4.69, 9.17) is 5.11 Å². The third kappa shape index (κ3) is 1.76. The minimum absolute atomic E-state index is 0.130. The van der Waals surface area contributed by atoms with Crippen molar-refractivity contribution in [3.63, 3.8) is 0 Å². The van der Waals surface area contributed by atoms with E-state index in [0.717, 1.165) is 16.6 Å². The van der Waals surface area contributed by atoms with Crippen LogP contribution in [0.25, 0.3) is 11.0 Å². The molecule has 2 aromatic rings. The van der Waals surface area contributed by atoms with Crippen molar-refractivity contribution < 1.29 is 9.90 Å². The number of nitrogens with one attached hydrogen (secondary N) is 1. The van der Waals surface area contributed by atoms with Crippen LogP contribution in [0.3, 0.4) is 0 Å². The molecule has 94 valence electrons. The van der Waals surface area contributed by atoms with E-state index < -0.39 is 5.97 Å². The van der Waals surface area contributed by atoms with Crippen LogP contribution in [0.1, 0.15) is 18.0 Å². The fourth-order valence-electron chi connectivity index (χ4n) is 2.54. The Labute approximate surface area is 104 Å². The molecule has 3 rings (SSSR count). The lowest BCUT2D eigenvalue weighted by Crippen LogP contribution is -2.17. The molecule has 2 atom stereocenters. The number of carbonyl (C=O) groups is 1. The molecule has 1 aliphatic rings. The third-order valence-corrected chi connectivity index (χ3v) is 3.63. The summed E-state index contributed by atoms with van der Waals surface area (Å²) in [4.78, 5) is 15.2. The number of nitrogens with zero attached hydrogens (tertiary/aromatic N) is 2. The maximum atomic E-state index is 10.9. The summed E-state index contributed by atoms with van der Waals surface area (Å²) in [5.41, 5.74) is 3.18. The van der Waals surface area contributed by atoms with Crippen LogP contribution >= 0.6 is 0 Å². The number of aryl methyl sites for hydroxylation is 1. The Morgan fingerprint density at radius 2 is 2.39 bits per heavy atom. The Balaban J connectivity index is 1.91. The van der Waals surface area contributed by atoms with Gasteiger partial charge in [-0.3, -0.25) is 4.79 Å². The van der Waals surface area contributed by atoms with Crippen molar-refractivity contribution in [2.24, 2.45) is 13.0 Å². The van der Waals surface area contributed by atoms with E-state index in [2.05, 4.69) is 16.4 Å². The summed E-state index contributed by atoms with van der Waals surface area (Å²) < 4.78 is 1.97. The molecule has 0 aliphatic carbocycles. The number of benzene rings is 1. The number of carboxylic acid groups (broad SMARTS) is 1. The summed E-state index contributed by atoms with van der Waals surface area (Å²) in [5, 5.41) is 12.3. The molecule has 2 N–H and O–H groups in total. The fourth-order valence-corrected chi connectivity index (χ4v) is 2.54. The van der Waals surface area contributed by atoms with Crippen LogP contribution in [0.5, 0.6) is 0 Å². The zero-order chi connectivity index (χ0) is 12.7. The molecule has 5 nitrogen and oxygen atoms in total. The second-order valence-electron chi connectivity index (χ2n) is 4.84. The fraction of sp³-hybridized carbons (Fsp3) is 0.385. The molecule has 5 heteroatoms. The van der Waals surface area contributed by atoms with Crippen molar-refractivity contribution in [1.29, 1.82) is 0 Å². The maximum absolute atomic E-state index is 10.9. The van der Waals surface area contributed by atoms with E-state index in [1.54, 1.807) is 6.33 Å². The minimum Gasteiger partial charge on any atom is -0.481 e. The first kappa shape index (κ1) is 11.2. The molecular weight excluding hydrogens is 230 g/mol. The van der Waals surface area contributed by atoms with Crippen molar-refractivity contribution in [2.75, 3.05) is 6.54 Å². The smallest absolute Gasteiger partial charge is 0.307 e. The molecular formula is C13H15N3O2. The summed E-state index contributed by atoms with van der Waals surface area (Å²) >= 11 is 0. The molecule has 18 heavy (non-hydrogen) atoms. The van der Waals surface area contributed by atoms with Gasteiger partial charge in [0, 0.05) is 19.6 Å². The summed E-state index contributed by atoms with van der Waals surface area (Å²) in [6, 6.07) is 6.23. The van der Waals surface area contributed by atoms with Gasteiger partial charge in [0.2, 0.25) is 0 Å². The average molecular weight is 245 g/mol. The summed E-state index contributed by atoms with van der Waals surface area (Å²) in [6.07, 6.45) is 2.44. The van der Waals surface area contributed by atoms with E-state index >= 15 is 0 Å². The lowest BCUT2D eigenvalue weighted by molar-refractivity contribution is -0.141. The molecule has 1 aromatic carbocycles. The SMILES string of the molecule is Cn1cnc2ccc(C3CC(C(=O)O)CN3)cc21. The second kappa shape index (κ2) is 4.10. The van der Waals surface area contributed by atoms with E-state index in [-0.39, 0.29) is 12.0 Å². The number of fused-ring (bicyclic) bond motifs is 1. The molecule has 2 heterocycles. The van der Waals surface area contributed by atoms with Gasteiger partial charge in [0.15, 0.2) is 0 Å². The van der Waals surface area contributed by atoms with Crippen LogP contribution in [0, 0.1) is 5.92 Å². The number of carboxylic acids is 1. The molecule has 0 bridgehead atoms. The lowest BCUT2D eigenvalue weighted by atomic mass is 10.00. The van der Waals surface area contributed by atoms with Crippen LogP contribution in [0.4, 0.5) is 0 Å². The lowest BCUT2D eigenvalue weighted by Gasteiger charge is -2.10. The number of hydrogen-bond acceptors (Lipinski definition) is 3. The van der Waals surface area contributed by atoms with Gasteiger partial charge in [-0.1, -0.05) is 6.07 Å². The van der Waals surface area contributed by atoms with Crippen LogP contribution in [0.15, 0.2) is 24.5 Å². The van der Waals surface area contributed by atoms with Gasteiger partial charge >= 0.3 is 5.97 Å². The summed E-state index contributed by atoms with van der Waals surface area (Å²) in [7, 11) is 1.96. The molecule has 1 fully saturated rings. The van der Waals surface area contributed by atoms with E-state index in [1.807, 2.05) is 23.7 Å². The molecule has 1 aliphatic heterocycles. The first-order chi connectivity index (χ1) is 8.65. The van der Waals surface area contributed by atoms with Crippen molar-refractivity contribution in [3.8, 4) is 0 Å². The minimum atomic E-state index is -0.716. The molecule has 0 amide bonds. The number of aromatic nitrogens is 2. The largest absolute Gasteiger partial charge is 0.481 e. The van der Waals surface area contributed by atoms with Gasteiger partial charge in [-0.25, -0.2) is 4.98 Å². The van der Waals surface area contributed by atoms with E-state index in [0.29, 0.717) is 13.0 Å². The highest BCUT2D eigenvalue weighted by molar-refractivity contribution is 5.76. The highest BCUT2D eigenvalue weighted by atomic mass is 16.4. The average Bonchev–Trinajstić information content (AvgIpc) is 2.96. The number of rotatable bonds is 2. The number of imidazole rings is 1. The van der Waals surface area contributed by atoms with Gasteiger partial charge in [0.25, 0.3) is 0 Å². The molecule has 1 saturated heterocycles. The molecule has 0 saturated carbocycles. The van der Waals surface area contributed by atoms with Gasteiger partial charge in [-0.15, -0.1) is 0 Å². The Morgan fingerprint density at radius 3 is 3.11 bits per heavy atom. The van der Waals surface area contributed by atoms with E-state index in [1.165, 1.54) is 0 Å². The Kier molecular flexibility index (Phi) is 2.56. The van der Waals surface area contributed by atoms with Crippen LogP contribution in [-0.2, 0) is 11.8 Å². The zero-order valence-corrected chi connectivity index (χ0v) is 10.1. The molecule has 2 unspecified atom stereocenters. The highest BCUT2D eigenvalue weighted by Gasteiger charge is 2.30. The van der Waals surface area contributed by atoms with Gasteiger partial charge in [0.1, 0.15) is 0 Å². The molecule has 0 spiro atoms. The maximum Gasteiger partial charge on any atom is 0.307 e. The quantitative estimate of drug-likeness (QED) is 0.837. The monoisotopic (exact) mass is 245 g/mol. The number of aliphatic carboxylic acids is 1. The highest BCUT2D eigenvalue weighted by Crippen LogP contribution is 2.29. The topological polar surface area (TPSA) is 67.2 Å². The third-order valence-electron chi connectivity index (χ3n) is 3.63.